The predicted octanol–water partition coefficient (Wildman–Crippen LogP) is 1.45. The van der Waals surface area contributed by atoms with E-state index in [1.54, 1.807) is 6.07 Å². The molecule has 0 aliphatic carbocycles. The minimum Gasteiger partial charge on any atom is -0.352 e. The molecule has 0 aromatic heterocycles. The number of anilines is 1. The van der Waals surface area contributed by atoms with Crippen LogP contribution in [-0.4, -0.2) is 12.3 Å². The Balaban J connectivity index is 2.81. The van der Waals surface area contributed by atoms with Crippen LogP contribution in [0.3, 0.4) is 0 Å². The molecule has 0 aliphatic heterocycles. The summed E-state index contributed by atoms with van der Waals surface area (Å²) < 4.78 is 0. The van der Waals surface area contributed by atoms with Crippen molar-refractivity contribution in [2.45, 2.75) is 19.9 Å². The SMILES string of the molecule is CC(=O)Nc1cccc(C(C)NC=O)c1. The van der Waals surface area contributed by atoms with E-state index < -0.39 is 0 Å². The summed E-state index contributed by atoms with van der Waals surface area (Å²) in [5, 5.41) is 5.34. The Morgan fingerprint density at radius 3 is 2.80 bits per heavy atom. The number of nitrogens with one attached hydrogen (secondary N) is 2. The molecule has 0 fully saturated rings. The fourth-order valence-corrected chi connectivity index (χ4v) is 1.29. The number of hydrogen-bond donors (Lipinski definition) is 2. The molecular formula is C11H14N2O2. The van der Waals surface area contributed by atoms with Crippen LogP contribution in [0, 0.1) is 0 Å². The zero-order chi connectivity index (χ0) is 11.3. The number of hydrogen-bond acceptors (Lipinski definition) is 2. The molecule has 80 valence electrons. The normalized spacial score (nSPS) is 11.6. The number of carbonyl (C=O) groups is 2. The van der Waals surface area contributed by atoms with Crippen LogP contribution in [0.25, 0.3) is 0 Å². The molecule has 0 radical (unpaired) electrons. The van der Waals surface area contributed by atoms with Gasteiger partial charge < -0.3 is 10.6 Å². The fourth-order valence-electron chi connectivity index (χ4n) is 1.29. The molecule has 0 saturated heterocycles. The van der Waals surface area contributed by atoms with Gasteiger partial charge in [0, 0.05) is 12.6 Å². The summed E-state index contributed by atoms with van der Waals surface area (Å²) in [7, 11) is 0. The van der Waals surface area contributed by atoms with Crippen molar-refractivity contribution in [2.24, 2.45) is 0 Å². The van der Waals surface area contributed by atoms with Gasteiger partial charge in [-0.1, -0.05) is 12.1 Å². The Morgan fingerprint density at radius 1 is 1.47 bits per heavy atom. The maximum absolute atomic E-state index is 10.8. The van der Waals surface area contributed by atoms with Crippen LogP contribution in [0.4, 0.5) is 5.69 Å². The second-order valence-electron chi connectivity index (χ2n) is 3.31. The number of carbonyl (C=O) groups excluding carboxylic acids is 2. The third-order valence-electron chi connectivity index (χ3n) is 2.03. The zero-order valence-corrected chi connectivity index (χ0v) is 8.78. The van der Waals surface area contributed by atoms with Gasteiger partial charge in [0.15, 0.2) is 0 Å². The summed E-state index contributed by atoms with van der Waals surface area (Å²) in [4.78, 5) is 21.1. The predicted molar refractivity (Wildman–Crippen MR) is 58.4 cm³/mol. The maximum Gasteiger partial charge on any atom is 0.221 e. The van der Waals surface area contributed by atoms with Gasteiger partial charge in [-0.3, -0.25) is 9.59 Å². The molecule has 2 N–H and O–H groups in total. The van der Waals surface area contributed by atoms with E-state index in [2.05, 4.69) is 10.6 Å². The van der Waals surface area contributed by atoms with Gasteiger partial charge in [-0.2, -0.15) is 0 Å². The molecule has 0 bridgehead atoms. The molecule has 2 amide bonds. The second kappa shape index (κ2) is 5.14. The van der Waals surface area contributed by atoms with E-state index in [0.29, 0.717) is 6.41 Å². The molecule has 1 aromatic carbocycles. The van der Waals surface area contributed by atoms with E-state index >= 15 is 0 Å². The third kappa shape index (κ3) is 3.42. The van der Waals surface area contributed by atoms with Crippen LogP contribution in [-0.2, 0) is 9.59 Å². The van der Waals surface area contributed by atoms with Gasteiger partial charge in [-0.15, -0.1) is 0 Å². The Labute approximate surface area is 88.7 Å². The topological polar surface area (TPSA) is 58.2 Å². The van der Waals surface area contributed by atoms with Gasteiger partial charge in [-0.05, 0) is 24.6 Å². The standard InChI is InChI=1S/C11H14N2O2/c1-8(12-7-14)10-4-3-5-11(6-10)13-9(2)15/h3-8H,1-2H3,(H,12,14)(H,13,15). The van der Waals surface area contributed by atoms with Gasteiger partial charge in [0.1, 0.15) is 0 Å². The number of benzene rings is 1. The van der Waals surface area contributed by atoms with Crippen LogP contribution in [0.1, 0.15) is 25.5 Å². The molecule has 15 heavy (non-hydrogen) atoms. The monoisotopic (exact) mass is 206 g/mol. The summed E-state index contributed by atoms with van der Waals surface area (Å²) in [6.07, 6.45) is 0.662. The van der Waals surface area contributed by atoms with Gasteiger partial charge in [0.2, 0.25) is 12.3 Å². The molecule has 0 heterocycles. The van der Waals surface area contributed by atoms with E-state index in [4.69, 9.17) is 0 Å². The first kappa shape index (κ1) is 11.2. The highest BCUT2D eigenvalue weighted by Gasteiger charge is 2.04. The first-order valence-corrected chi connectivity index (χ1v) is 4.70. The maximum atomic E-state index is 10.8. The highest BCUT2D eigenvalue weighted by Crippen LogP contribution is 2.16. The van der Waals surface area contributed by atoms with Crippen molar-refractivity contribution >= 4 is 18.0 Å². The summed E-state index contributed by atoms with van der Waals surface area (Å²) in [5.41, 5.74) is 1.69. The van der Waals surface area contributed by atoms with Crippen LogP contribution in [0.15, 0.2) is 24.3 Å². The average Bonchev–Trinajstić information content (AvgIpc) is 2.17. The summed E-state index contributed by atoms with van der Waals surface area (Å²) in [5.74, 6) is -0.108. The first-order valence-electron chi connectivity index (χ1n) is 4.70. The number of amides is 2. The molecule has 0 aliphatic rings. The zero-order valence-electron chi connectivity index (χ0n) is 8.78. The summed E-state index contributed by atoms with van der Waals surface area (Å²) >= 11 is 0. The Hall–Kier alpha value is -1.84. The van der Waals surface area contributed by atoms with Crippen LogP contribution in [0.5, 0.6) is 0 Å². The third-order valence-corrected chi connectivity index (χ3v) is 2.03. The molecule has 0 saturated carbocycles. The highest BCUT2D eigenvalue weighted by molar-refractivity contribution is 5.88. The number of rotatable bonds is 4. The molecule has 1 unspecified atom stereocenters. The largest absolute Gasteiger partial charge is 0.352 e. The molecule has 4 nitrogen and oxygen atoms in total. The lowest BCUT2D eigenvalue weighted by molar-refractivity contribution is -0.114. The highest BCUT2D eigenvalue weighted by atomic mass is 16.1. The van der Waals surface area contributed by atoms with Crippen molar-refractivity contribution in [3.05, 3.63) is 29.8 Å². The van der Waals surface area contributed by atoms with Crippen molar-refractivity contribution in [1.29, 1.82) is 0 Å². The van der Waals surface area contributed by atoms with Crippen molar-refractivity contribution in [1.82, 2.24) is 5.32 Å². The molecular weight excluding hydrogens is 192 g/mol. The Kier molecular flexibility index (Phi) is 3.85. The fraction of sp³-hybridized carbons (Fsp3) is 0.273. The first-order chi connectivity index (χ1) is 7.13. The van der Waals surface area contributed by atoms with E-state index in [1.165, 1.54) is 6.92 Å². The summed E-state index contributed by atoms with van der Waals surface area (Å²) in [6, 6.07) is 7.31. The molecule has 1 aromatic rings. The average molecular weight is 206 g/mol. The van der Waals surface area contributed by atoms with E-state index in [1.807, 2.05) is 25.1 Å². The lowest BCUT2D eigenvalue weighted by atomic mass is 10.1. The summed E-state index contributed by atoms with van der Waals surface area (Å²) in [6.45, 7) is 3.33. The Morgan fingerprint density at radius 2 is 2.20 bits per heavy atom. The van der Waals surface area contributed by atoms with Crippen LogP contribution >= 0.6 is 0 Å². The van der Waals surface area contributed by atoms with Gasteiger partial charge in [0.25, 0.3) is 0 Å². The minimum atomic E-state index is -0.108. The smallest absolute Gasteiger partial charge is 0.221 e. The van der Waals surface area contributed by atoms with Crippen molar-refractivity contribution < 1.29 is 9.59 Å². The van der Waals surface area contributed by atoms with Gasteiger partial charge in [0.05, 0.1) is 6.04 Å². The lowest BCUT2D eigenvalue weighted by Crippen LogP contribution is -2.16. The van der Waals surface area contributed by atoms with Crippen LogP contribution < -0.4 is 10.6 Å². The van der Waals surface area contributed by atoms with E-state index in [9.17, 15) is 9.59 Å². The lowest BCUT2D eigenvalue weighted by Gasteiger charge is -2.11. The molecule has 4 heteroatoms. The second-order valence-corrected chi connectivity index (χ2v) is 3.31. The molecule has 0 spiro atoms. The molecule has 1 rings (SSSR count). The Bertz CT molecular complexity index is 363. The van der Waals surface area contributed by atoms with Crippen molar-refractivity contribution in [3.8, 4) is 0 Å². The van der Waals surface area contributed by atoms with Crippen molar-refractivity contribution in [2.75, 3.05) is 5.32 Å². The van der Waals surface area contributed by atoms with Gasteiger partial charge in [-0.25, -0.2) is 0 Å². The minimum absolute atomic E-state index is 0.0591. The van der Waals surface area contributed by atoms with Crippen LogP contribution in [0.2, 0.25) is 0 Å². The van der Waals surface area contributed by atoms with Crippen molar-refractivity contribution in [3.63, 3.8) is 0 Å². The van der Waals surface area contributed by atoms with E-state index in [0.717, 1.165) is 11.3 Å². The molecule has 1 atom stereocenters. The quantitative estimate of drug-likeness (QED) is 0.732. The van der Waals surface area contributed by atoms with E-state index in [-0.39, 0.29) is 11.9 Å². The van der Waals surface area contributed by atoms with Gasteiger partial charge >= 0.3 is 0 Å².